The highest BCUT2D eigenvalue weighted by molar-refractivity contribution is 7.09. The predicted molar refractivity (Wildman–Crippen MR) is 72.6 cm³/mol. The quantitative estimate of drug-likeness (QED) is 0.392. The van der Waals surface area contributed by atoms with Crippen LogP contribution < -0.4 is 10.5 Å². The van der Waals surface area contributed by atoms with Gasteiger partial charge in [-0.25, -0.2) is 0 Å². The molecule has 0 saturated heterocycles. The predicted octanol–water partition coefficient (Wildman–Crippen LogP) is 3.08. The zero-order chi connectivity index (χ0) is 13.0. The summed E-state index contributed by atoms with van der Waals surface area (Å²) in [5, 5.41) is 14.1. The molecule has 0 spiro atoms. The van der Waals surface area contributed by atoms with Crippen LogP contribution in [0.2, 0.25) is 5.02 Å². The first-order chi connectivity index (χ1) is 8.72. The van der Waals surface area contributed by atoms with Gasteiger partial charge in [0.2, 0.25) is 0 Å². The van der Waals surface area contributed by atoms with Crippen molar-refractivity contribution >= 4 is 28.8 Å². The second-order valence-electron chi connectivity index (χ2n) is 3.47. The van der Waals surface area contributed by atoms with E-state index in [2.05, 4.69) is 5.16 Å². The van der Waals surface area contributed by atoms with E-state index < -0.39 is 0 Å². The molecule has 0 atom stereocenters. The molecule has 0 radical (unpaired) electrons. The van der Waals surface area contributed by atoms with E-state index >= 15 is 0 Å². The van der Waals surface area contributed by atoms with Crippen LogP contribution in [0.15, 0.2) is 40.9 Å². The Labute approximate surface area is 113 Å². The van der Waals surface area contributed by atoms with Crippen LogP contribution in [0.1, 0.15) is 10.4 Å². The third-order valence-corrected chi connectivity index (χ3v) is 3.45. The topological polar surface area (TPSA) is 67.8 Å². The van der Waals surface area contributed by atoms with Crippen molar-refractivity contribution in [2.45, 2.75) is 6.61 Å². The Balaban J connectivity index is 2.24. The Bertz CT molecular complexity index is 555. The summed E-state index contributed by atoms with van der Waals surface area (Å²) < 4.78 is 5.64. The molecule has 0 aliphatic rings. The number of rotatable bonds is 4. The molecular formula is C12H11ClN2O2S. The maximum absolute atomic E-state index is 8.74. The molecule has 6 heteroatoms. The molecule has 0 unspecified atom stereocenters. The number of oxime groups is 1. The minimum Gasteiger partial charge on any atom is -0.487 e. The first-order valence-corrected chi connectivity index (χ1v) is 6.39. The maximum atomic E-state index is 8.74. The van der Waals surface area contributed by atoms with Crippen molar-refractivity contribution in [1.29, 1.82) is 0 Å². The van der Waals surface area contributed by atoms with Gasteiger partial charge in [-0.3, -0.25) is 0 Å². The van der Waals surface area contributed by atoms with Crippen LogP contribution in [0.25, 0.3) is 0 Å². The number of thiophene rings is 1. The van der Waals surface area contributed by atoms with Crippen molar-refractivity contribution in [3.05, 3.63) is 51.2 Å². The first-order valence-electron chi connectivity index (χ1n) is 5.14. The van der Waals surface area contributed by atoms with Gasteiger partial charge in [0.05, 0.1) is 10.6 Å². The normalized spacial score (nSPS) is 11.5. The molecule has 1 aromatic heterocycles. The molecule has 0 fully saturated rings. The Morgan fingerprint density at radius 2 is 2.22 bits per heavy atom. The summed E-state index contributed by atoms with van der Waals surface area (Å²) in [5.41, 5.74) is 5.98. The van der Waals surface area contributed by atoms with Gasteiger partial charge in [-0.15, -0.1) is 11.3 Å². The molecular weight excluding hydrogens is 272 g/mol. The van der Waals surface area contributed by atoms with Crippen molar-refractivity contribution in [2.24, 2.45) is 10.9 Å². The average Bonchev–Trinajstić information content (AvgIpc) is 2.88. The van der Waals surface area contributed by atoms with E-state index in [-0.39, 0.29) is 5.84 Å². The fourth-order valence-corrected chi connectivity index (χ4v) is 2.35. The number of amidine groups is 1. The van der Waals surface area contributed by atoms with Crippen LogP contribution in [0.3, 0.4) is 0 Å². The van der Waals surface area contributed by atoms with Crippen molar-refractivity contribution in [1.82, 2.24) is 0 Å². The average molecular weight is 283 g/mol. The molecule has 18 heavy (non-hydrogen) atoms. The minimum absolute atomic E-state index is 0.0678. The van der Waals surface area contributed by atoms with Crippen molar-refractivity contribution in [3.8, 4) is 5.75 Å². The largest absolute Gasteiger partial charge is 0.487 e. The molecule has 0 aliphatic heterocycles. The highest BCUT2D eigenvalue weighted by Crippen LogP contribution is 2.27. The molecule has 2 aromatic rings. The highest BCUT2D eigenvalue weighted by Gasteiger charge is 2.13. The van der Waals surface area contributed by atoms with E-state index in [9.17, 15) is 0 Å². The summed E-state index contributed by atoms with van der Waals surface area (Å²) in [6.07, 6.45) is 0. The van der Waals surface area contributed by atoms with E-state index in [0.717, 1.165) is 4.88 Å². The number of hydrogen-bond acceptors (Lipinski definition) is 4. The fourth-order valence-electron chi connectivity index (χ4n) is 1.47. The van der Waals surface area contributed by atoms with Crippen LogP contribution in [0.4, 0.5) is 0 Å². The van der Waals surface area contributed by atoms with Gasteiger partial charge in [0.1, 0.15) is 12.4 Å². The minimum atomic E-state index is -0.0678. The van der Waals surface area contributed by atoms with Crippen LogP contribution in [0, 0.1) is 0 Å². The number of halogens is 1. The summed E-state index contributed by atoms with van der Waals surface area (Å²) in [6, 6.07) is 9.06. The second-order valence-corrected chi connectivity index (χ2v) is 4.91. The molecule has 0 saturated carbocycles. The molecule has 1 aromatic carbocycles. The number of nitrogens with two attached hydrogens (primary N) is 1. The monoisotopic (exact) mass is 282 g/mol. The number of benzene rings is 1. The Morgan fingerprint density at radius 1 is 1.39 bits per heavy atom. The van der Waals surface area contributed by atoms with E-state index in [0.29, 0.717) is 22.9 Å². The van der Waals surface area contributed by atoms with Crippen molar-refractivity contribution in [3.63, 3.8) is 0 Å². The van der Waals surface area contributed by atoms with Crippen LogP contribution in [0.5, 0.6) is 5.75 Å². The molecule has 3 N–H and O–H groups in total. The number of nitrogens with zero attached hydrogens (tertiary/aromatic N) is 1. The van der Waals surface area contributed by atoms with E-state index in [1.54, 1.807) is 29.5 Å². The standard InChI is InChI=1S/C12H11ClN2O2S/c13-9-4-1-5-10(11(9)12(14)15-16)17-7-8-3-2-6-18-8/h1-6,16H,7H2,(H2,14,15). The summed E-state index contributed by atoms with van der Waals surface area (Å²) in [7, 11) is 0. The van der Waals surface area contributed by atoms with Crippen molar-refractivity contribution in [2.75, 3.05) is 0 Å². The summed E-state index contributed by atoms with van der Waals surface area (Å²) in [4.78, 5) is 1.08. The van der Waals surface area contributed by atoms with Crippen molar-refractivity contribution < 1.29 is 9.94 Å². The van der Waals surface area contributed by atoms with Crippen LogP contribution in [-0.2, 0) is 6.61 Å². The third kappa shape index (κ3) is 2.75. The fraction of sp³-hybridized carbons (Fsp3) is 0.0833. The van der Waals surface area contributed by atoms with Gasteiger partial charge in [0, 0.05) is 4.88 Å². The zero-order valence-corrected chi connectivity index (χ0v) is 10.9. The Morgan fingerprint density at radius 3 is 2.89 bits per heavy atom. The number of ether oxygens (including phenoxy) is 1. The number of hydrogen-bond donors (Lipinski definition) is 2. The molecule has 4 nitrogen and oxygen atoms in total. The van der Waals surface area contributed by atoms with Gasteiger partial charge in [-0.2, -0.15) is 0 Å². The van der Waals surface area contributed by atoms with Gasteiger partial charge >= 0.3 is 0 Å². The molecule has 0 aliphatic carbocycles. The van der Waals surface area contributed by atoms with Gasteiger partial charge in [0.25, 0.3) is 0 Å². The van der Waals surface area contributed by atoms with Crippen LogP contribution in [-0.4, -0.2) is 11.0 Å². The lowest BCUT2D eigenvalue weighted by Crippen LogP contribution is -2.15. The summed E-state index contributed by atoms with van der Waals surface area (Å²) in [5.74, 6) is 0.424. The van der Waals surface area contributed by atoms with E-state index in [1.165, 1.54) is 0 Å². The third-order valence-electron chi connectivity index (χ3n) is 2.29. The molecule has 94 valence electrons. The lowest BCUT2D eigenvalue weighted by molar-refractivity contribution is 0.306. The molecule has 1 heterocycles. The summed E-state index contributed by atoms with van der Waals surface area (Å²) in [6.45, 7) is 0.420. The maximum Gasteiger partial charge on any atom is 0.175 e. The second kappa shape index (κ2) is 5.75. The molecule has 0 amide bonds. The van der Waals surface area contributed by atoms with Gasteiger partial charge < -0.3 is 15.7 Å². The van der Waals surface area contributed by atoms with Gasteiger partial charge in [0.15, 0.2) is 5.84 Å². The van der Waals surface area contributed by atoms with Gasteiger partial charge in [-0.1, -0.05) is 28.9 Å². The highest BCUT2D eigenvalue weighted by atomic mass is 35.5. The van der Waals surface area contributed by atoms with E-state index in [1.807, 2.05) is 17.5 Å². The zero-order valence-electron chi connectivity index (χ0n) is 9.34. The Kier molecular flexibility index (Phi) is 4.07. The first kappa shape index (κ1) is 12.7. The SMILES string of the molecule is N/C(=N\O)c1c(Cl)cccc1OCc1cccs1. The molecule has 2 rings (SSSR count). The smallest absolute Gasteiger partial charge is 0.175 e. The lowest BCUT2D eigenvalue weighted by atomic mass is 10.2. The van der Waals surface area contributed by atoms with Crippen LogP contribution >= 0.6 is 22.9 Å². The summed E-state index contributed by atoms with van der Waals surface area (Å²) >= 11 is 7.61. The van der Waals surface area contributed by atoms with E-state index in [4.69, 9.17) is 27.3 Å². The van der Waals surface area contributed by atoms with Gasteiger partial charge in [-0.05, 0) is 23.6 Å². The Hall–Kier alpha value is -1.72. The lowest BCUT2D eigenvalue weighted by Gasteiger charge is -2.11. The molecule has 0 bridgehead atoms.